The number of rotatable bonds is 7. The van der Waals surface area contributed by atoms with Crippen molar-refractivity contribution in [3.63, 3.8) is 0 Å². The summed E-state index contributed by atoms with van der Waals surface area (Å²) in [6.45, 7) is 0.280. The molecule has 0 aromatic carbocycles. The molecule has 2 nitrogen and oxygen atoms in total. The molecule has 0 aromatic rings. The van der Waals surface area contributed by atoms with Crippen molar-refractivity contribution in [2.75, 3.05) is 7.11 Å². The second-order valence-corrected chi connectivity index (χ2v) is 8.42. The van der Waals surface area contributed by atoms with E-state index >= 15 is 0 Å². The van der Waals surface area contributed by atoms with Crippen LogP contribution < -0.4 is 0 Å². The van der Waals surface area contributed by atoms with E-state index in [1.165, 1.54) is 0 Å². The van der Waals surface area contributed by atoms with E-state index < -0.39 is 58.4 Å². The van der Waals surface area contributed by atoms with Crippen LogP contribution in [0.3, 0.4) is 0 Å². The molecule has 0 saturated carbocycles. The van der Waals surface area contributed by atoms with E-state index in [2.05, 4.69) is 4.74 Å². The average molecular weight is 352 g/mol. The molecule has 0 radical (unpaired) electrons. The number of alkyl halides is 4. The zero-order valence-electron chi connectivity index (χ0n) is 11.2. The Morgan fingerprint density at radius 2 is 1.67 bits per heavy atom. The van der Waals surface area contributed by atoms with Crippen molar-refractivity contribution < 1.29 is 42.6 Å². The molecule has 11 heteroatoms. The molecule has 2 atom stereocenters. The van der Waals surface area contributed by atoms with Gasteiger partial charge in [-0.2, -0.15) is 13.2 Å². The Bertz CT molecular complexity index is 387. The Labute approximate surface area is 116 Å². The molecule has 0 aromatic heterocycles. The minimum atomic E-state index is -9.57. The standard InChI is InChI=1S/C10H16F8O2S/c1-7(4-3-5-9(19)20-2)21(15,16,17,18)8(11)6-10(12,13)14/h7-8H,3-6H2,1-2H3. The Morgan fingerprint density at radius 1 is 1.19 bits per heavy atom. The fourth-order valence-electron chi connectivity index (χ4n) is 1.49. The third-order valence-corrected chi connectivity index (χ3v) is 6.14. The molecular weight excluding hydrogens is 336 g/mol. The molecule has 0 aliphatic heterocycles. The fraction of sp³-hybridized carbons (Fsp3) is 0.900. The highest BCUT2D eigenvalue weighted by atomic mass is 32.5. The summed E-state index contributed by atoms with van der Waals surface area (Å²) >= 11 is 0. The zero-order valence-corrected chi connectivity index (χ0v) is 12.0. The van der Waals surface area contributed by atoms with Gasteiger partial charge in [0.2, 0.25) is 5.50 Å². The second kappa shape index (κ2) is 5.47. The molecule has 0 N–H and O–H groups in total. The predicted octanol–water partition coefficient (Wildman–Crippen LogP) is 5.38. The van der Waals surface area contributed by atoms with Crippen LogP contribution in [0, 0.1) is 0 Å². The lowest BCUT2D eigenvalue weighted by molar-refractivity contribution is -0.142. The maximum atomic E-state index is 13.5. The van der Waals surface area contributed by atoms with E-state index in [1.807, 2.05) is 0 Å². The topological polar surface area (TPSA) is 26.3 Å². The number of carbonyl (C=O) groups is 1. The van der Waals surface area contributed by atoms with E-state index in [9.17, 15) is 37.9 Å². The van der Waals surface area contributed by atoms with Gasteiger partial charge in [0.25, 0.3) is 0 Å². The average Bonchev–Trinajstić information content (AvgIpc) is 2.24. The highest BCUT2D eigenvalue weighted by Gasteiger charge is 2.74. The van der Waals surface area contributed by atoms with Crippen LogP contribution >= 0.6 is 9.84 Å². The van der Waals surface area contributed by atoms with Gasteiger partial charge in [-0.1, -0.05) is 0 Å². The van der Waals surface area contributed by atoms with Crippen LogP contribution in [-0.4, -0.2) is 30.0 Å². The van der Waals surface area contributed by atoms with Crippen molar-refractivity contribution in [1.82, 2.24) is 0 Å². The van der Waals surface area contributed by atoms with Crippen molar-refractivity contribution in [3.8, 4) is 0 Å². The quantitative estimate of drug-likeness (QED) is 0.454. The number of hydrogen-bond acceptors (Lipinski definition) is 2. The summed E-state index contributed by atoms with van der Waals surface area (Å²) in [7, 11) is -8.58. The Hall–Kier alpha value is -0.740. The largest absolute Gasteiger partial charge is 0.469 e. The molecule has 0 aliphatic rings. The number of ether oxygens (including phenoxy) is 1. The maximum Gasteiger partial charge on any atom is 0.392 e. The lowest BCUT2D eigenvalue weighted by Gasteiger charge is -2.56. The van der Waals surface area contributed by atoms with Gasteiger partial charge in [-0.25, -0.2) is 4.39 Å². The Kier molecular flexibility index (Phi) is 5.28. The SMILES string of the molecule is COC(=O)CCCC(C)S(F)(F)(F)(F)C(F)CC(F)(F)F. The van der Waals surface area contributed by atoms with Gasteiger partial charge in [0.05, 0.1) is 18.8 Å². The molecule has 0 aliphatic carbocycles. The summed E-state index contributed by atoms with van der Waals surface area (Å²) in [5, 5.41) is -2.91. The summed E-state index contributed by atoms with van der Waals surface area (Å²) in [5.74, 6) is -0.849. The first-order chi connectivity index (χ1) is 9.03. The first-order valence-electron chi connectivity index (χ1n) is 5.79. The monoisotopic (exact) mass is 352 g/mol. The molecule has 130 valence electrons. The first kappa shape index (κ1) is 20.3. The van der Waals surface area contributed by atoms with E-state index in [-0.39, 0.29) is 6.92 Å². The predicted molar refractivity (Wildman–Crippen MR) is 62.9 cm³/mol. The number of hydrogen-bond donors (Lipinski definition) is 0. The molecule has 0 fully saturated rings. The van der Waals surface area contributed by atoms with Gasteiger partial charge < -0.3 is 4.74 Å². The summed E-state index contributed by atoms with van der Waals surface area (Å²) in [5.41, 5.74) is -4.60. The van der Waals surface area contributed by atoms with Crippen molar-refractivity contribution in [2.24, 2.45) is 0 Å². The summed E-state index contributed by atoms with van der Waals surface area (Å²) in [6, 6.07) is 0. The Morgan fingerprint density at radius 3 is 2.05 bits per heavy atom. The first-order valence-corrected chi connectivity index (χ1v) is 7.97. The molecule has 0 amide bonds. The number of carbonyl (C=O) groups excluding carboxylic acids is 1. The van der Waals surface area contributed by atoms with Crippen LogP contribution in [0.15, 0.2) is 0 Å². The molecule has 0 saturated heterocycles. The molecular formula is C10H16F8O2S. The second-order valence-electron chi connectivity index (χ2n) is 4.71. The van der Waals surface area contributed by atoms with Gasteiger partial charge in [-0.15, -0.1) is 15.5 Å². The van der Waals surface area contributed by atoms with E-state index in [0.717, 1.165) is 7.11 Å². The molecule has 21 heavy (non-hydrogen) atoms. The van der Waals surface area contributed by atoms with Crippen LogP contribution in [0.4, 0.5) is 33.1 Å². The fourth-order valence-corrected chi connectivity index (χ4v) is 3.19. The molecule has 0 spiro atoms. The number of esters is 1. The summed E-state index contributed by atoms with van der Waals surface area (Å²) in [6.07, 6.45) is -10.3. The molecule has 2 unspecified atom stereocenters. The van der Waals surface area contributed by atoms with Crippen molar-refractivity contribution >= 4 is 15.8 Å². The summed E-state index contributed by atoms with van der Waals surface area (Å²) in [4.78, 5) is 10.7. The Balaban J connectivity index is 5.03. The maximum absolute atomic E-state index is 13.5. The van der Waals surface area contributed by atoms with Gasteiger partial charge in [0, 0.05) is 6.42 Å². The van der Waals surface area contributed by atoms with Gasteiger partial charge >= 0.3 is 12.1 Å². The van der Waals surface area contributed by atoms with E-state index in [0.29, 0.717) is 0 Å². The van der Waals surface area contributed by atoms with Crippen LogP contribution in [0.5, 0.6) is 0 Å². The smallest absolute Gasteiger partial charge is 0.392 e. The van der Waals surface area contributed by atoms with Crippen LogP contribution in [0.2, 0.25) is 0 Å². The highest BCUT2D eigenvalue weighted by molar-refractivity contribution is 8.50. The van der Waals surface area contributed by atoms with E-state index in [4.69, 9.17) is 0 Å². The summed E-state index contributed by atoms with van der Waals surface area (Å²) < 4.78 is 107. The van der Waals surface area contributed by atoms with Gasteiger partial charge in [0.15, 0.2) is 9.84 Å². The van der Waals surface area contributed by atoms with Crippen molar-refractivity contribution in [3.05, 3.63) is 0 Å². The number of halogens is 8. The molecule has 0 bridgehead atoms. The third-order valence-electron chi connectivity index (χ3n) is 2.99. The lowest BCUT2D eigenvalue weighted by atomic mass is 10.2. The van der Waals surface area contributed by atoms with Gasteiger partial charge in [-0.05, 0) is 19.8 Å². The van der Waals surface area contributed by atoms with Crippen LogP contribution in [0.1, 0.15) is 32.6 Å². The van der Waals surface area contributed by atoms with Gasteiger partial charge in [-0.3, -0.25) is 4.79 Å². The third kappa shape index (κ3) is 5.51. The van der Waals surface area contributed by atoms with Crippen molar-refractivity contribution in [2.45, 2.75) is 49.5 Å². The van der Waals surface area contributed by atoms with Crippen LogP contribution in [-0.2, 0) is 9.53 Å². The van der Waals surface area contributed by atoms with Crippen molar-refractivity contribution in [1.29, 1.82) is 0 Å². The number of methoxy groups -OCH3 is 1. The highest BCUT2D eigenvalue weighted by Crippen LogP contribution is 3.02. The lowest BCUT2D eigenvalue weighted by Crippen LogP contribution is -2.38. The normalized spacial score (nSPS) is 19.3. The van der Waals surface area contributed by atoms with Gasteiger partial charge in [0.1, 0.15) is 0 Å². The molecule has 0 rings (SSSR count). The minimum absolute atomic E-state index is 0.280. The van der Waals surface area contributed by atoms with E-state index in [1.54, 1.807) is 0 Å². The zero-order chi connectivity index (χ0) is 17.2. The molecule has 0 heterocycles. The minimum Gasteiger partial charge on any atom is -0.469 e. The van der Waals surface area contributed by atoms with Crippen LogP contribution in [0.25, 0.3) is 0 Å².